The first-order chi connectivity index (χ1) is 16.1. The number of aromatic nitrogens is 1. The summed E-state index contributed by atoms with van der Waals surface area (Å²) in [5.74, 6) is -0.0103. The number of aliphatic carboxylic acids is 1. The normalized spacial score (nSPS) is 12.5. The summed E-state index contributed by atoms with van der Waals surface area (Å²) in [4.78, 5) is 10.9. The Morgan fingerprint density at radius 1 is 1.15 bits per heavy atom. The maximum absolute atomic E-state index is 13.8. The van der Waals surface area contributed by atoms with Gasteiger partial charge >= 0.3 is 12.1 Å². The van der Waals surface area contributed by atoms with Crippen LogP contribution >= 0.6 is 0 Å². The molecule has 2 aromatic carbocycles. The molecule has 4 nitrogen and oxygen atoms in total. The molecular formula is C27H30F3NO3. The summed E-state index contributed by atoms with van der Waals surface area (Å²) in [5, 5.41) is 8.98. The number of carbonyl (C=O) groups is 1. The minimum Gasteiger partial charge on any atom is -0.487 e. The molecule has 0 saturated carbocycles. The minimum absolute atomic E-state index is 0.0158. The Kier molecular flexibility index (Phi) is 8.07. The molecule has 0 radical (unpaired) electrons. The van der Waals surface area contributed by atoms with E-state index in [1.165, 1.54) is 10.8 Å². The van der Waals surface area contributed by atoms with E-state index < -0.39 is 17.7 Å². The minimum atomic E-state index is -4.51. The SMILES string of the molecule is CC[C@H](C)Cc1cc(CCC(=O)O)ccc1OCc1c(C(F)(F)F)ccn1-c1cccc(C)c1. The average molecular weight is 474 g/mol. The molecule has 0 amide bonds. The van der Waals surface area contributed by atoms with Crippen LogP contribution in [-0.4, -0.2) is 15.6 Å². The summed E-state index contributed by atoms with van der Waals surface area (Å²) in [6, 6.07) is 13.8. The van der Waals surface area contributed by atoms with Gasteiger partial charge in [-0.05, 0) is 66.6 Å². The molecular weight excluding hydrogens is 443 g/mol. The highest BCUT2D eigenvalue weighted by Crippen LogP contribution is 2.35. The summed E-state index contributed by atoms with van der Waals surface area (Å²) in [7, 11) is 0. The number of halogens is 3. The summed E-state index contributed by atoms with van der Waals surface area (Å²) in [6.07, 6.45) is -1.05. The number of benzene rings is 2. The van der Waals surface area contributed by atoms with Crippen LogP contribution in [0, 0.1) is 12.8 Å². The fourth-order valence-corrected chi connectivity index (χ4v) is 3.90. The van der Waals surface area contributed by atoms with Crippen molar-refractivity contribution >= 4 is 5.97 Å². The Morgan fingerprint density at radius 2 is 1.91 bits per heavy atom. The first-order valence-corrected chi connectivity index (χ1v) is 11.4. The van der Waals surface area contributed by atoms with Crippen LogP contribution in [-0.2, 0) is 30.4 Å². The third-order valence-electron chi connectivity index (χ3n) is 5.96. The molecule has 0 spiro atoms. The van der Waals surface area contributed by atoms with E-state index in [9.17, 15) is 18.0 Å². The maximum Gasteiger partial charge on any atom is 0.418 e. The molecule has 0 aliphatic carbocycles. The number of nitrogens with zero attached hydrogens (tertiary/aromatic N) is 1. The Balaban J connectivity index is 1.94. The van der Waals surface area contributed by atoms with E-state index in [1.54, 1.807) is 18.2 Å². The van der Waals surface area contributed by atoms with Gasteiger partial charge in [-0.15, -0.1) is 0 Å². The average Bonchev–Trinajstić information content (AvgIpc) is 3.21. The first-order valence-electron chi connectivity index (χ1n) is 11.4. The van der Waals surface area contributed by atoms with Crippen LogP contribution in [0.3, 0.4) is 0 Å². The number of alkyl halides is 3. The molecule has 3 rings (SSSR count). The molecule has 7 heteroatoms. The molecule has 0 aliphatic rings. The standard InChI is InChI=1S/C27H30F3NO3/c1-4-18(2)14-21-16-20(9-11-26(32)33)8-10-25(21)34-17-24-23(27(28,29)30)12-13-31(24)22-7-5-6-19(3)15-22/h5-8,10,12-13,15-16,18H,4,9,11,14,17H2,1-3H3,(H,32,33)/t18-/m0/s1. The van der Waals surface area contributed by atoms with Gasteiger partial charge in [-0.25, -0.2) is 0 Å². The van der Waals surface area contributed by atoms with E-state index in [2.05, 4.69) is 13.8 Å². The second kappa shape index (κ2) is 10.8. The Labute approximate surface area is 198 Å². The lowest BCUT2D eigenvalue weighted by Crippen LogP contribution is -2.13. The highest BCUT2D eigenvalue weighted by atomic mass is 19.4. The van der Waals surface area contributed by atoms with Crippen molar-refractivity contribution in [1.29, 1.82) is 0 Å². The van der Waals surface area contributed by atoms with E-state index in [4.69, 9.17) is 9.84 Å². The van der Waals surface area contributed by atoms with Crippen LogP contribution in [0.1, 0.15) is 54.6 Å². The van der Waals surface area contributed by atoms with Crippen molar-refractivity contribution in [2.45, 2.75) is 59.2 Å². The van der Waals surface area contributed by atoms with Crippen molar-refractivity contribution < 1.29 is 27.8 Å². The molecule has 1 atom stereocenters. The molecule has 0 bridgehead atoms. The lowest BCUT2D eigenvalue weighted by atomic mass is 9.95. The quantitative estimate of drug-likeness (QED) is 0.345. The summed E-state index contributed by atoms with van der Waals surface area (Å²) >= 11 is 0. The zero-order chi connectivity index (χ0) is 24.9. The Bertz CT molecular complexity index is 1130. The molecule has 1 aromatic heterocycles. The number of aryl methyl sites for hydroxylation is 2. The van der Waals surface area contributed by atoms with Crippen LogP contribution in [0.25, 0.3) is 5.69 Å². The van der Waals surface area contributed by atoms with Gasteiger partial charge in [0.15, 0.2) is 0 Å². The van der Waals surface area contributed by atoms with Crippen LogP contribution in [0.5, 0.6) is 5.75 Å². The predicted molar refractivity (Wildman–Crippen MR) is 125 cm³/mol. The Hall–Kier alpha value is -3.22. The third-order valence-corrected chi connectivity index (χ3v) is 5.96. The molecule has 182 valence electrons. The second-order valence-electron chi connectivity index (χ2n) is 8.72. The summed E-state index contributed by atoms with van der Waals surface area (Å²) in [5.41, 5.74) is 2.63. The van der Waals surface area contributed by atoms with E-state index >= 15 is 0 Å². The van der Waals surface area contributed by atoms with Crippen LogP contribution in [0.4, 0.5) is 13.2 Å². The molecule has 1 N–H and O–H groups in total. The zero-order valence-corrected chi connectivity index (χ0v) is 19.7. The first kappa shape index (κ1) is 25.4. The van der Waals surface area contributed by atoms with Crippen molar-refractivity contribution in [3.05, 3.63) is 82.7 Å². The number of hydrogen-bond donors (Lipinski definition) is 1. The van der Waals surface area contributed by atoms with Crippen molar-refractivity contribution in [3.8, 4) is 11.4 Å². The van der Waals surface area contributed by atoms with Gasteiger partial charge < -0.3 is 14.4 Å². The van der Waals surface area contributed by atoms with E-state index in [0.717, 1.165) is 29.2 Å². The number of ether oxygens (including phenoxy) is 1. The third kappa shape index (κ3) is 6.43. The van der Waals surface area contributed by atoms with Crippen LogP contribution < -0.4 is 4.74 Å². The largest absolute Gasteiger partial charge is 0.487 e. The monoisotopic (exact) mass is 473 g/mol. The predicted octanol–water partition coefficient (Wildman–Crippen LogP) is 6.99. The van der Waals surface area contributed by atoms with Crippen molar-refractivity contribution in [2.75, 3.05) is 0 Å². The van der Waals surface area contributed by atoms with Gasteiger partial charge in [0.05, 0.1) is 11.3 Å². The summed E-state index contributed by atoms with van der Waals surface area (Å²) < 4.78 is 48.8. The van der Waals surface area contributed by atoms with Gasteiger partial charge in [0.25, 0.3) is 0 Å². The number of hydrogen-bond acceptors (Lipinski definition) is 2. The molecule has 1 heterocycles. The summed E-state index contributed by atoms with van der Waals surface area (Å²) in [6.45, 7) is 5.81. The number of rotatable bonds is 10. The molecule has 0 unspecified atom stereocenters. The smallest absolute Gasteiger partial charge is 0.418 e. The second-order valence-corrected chi connectivity index (χ2v) is 8.72. The number of carboxylic acids is 1. The van der Waals surface area contributed by atoms with Crippen molar-refractivity contribution in [2.24, 2.45) is 5.92 Å². The van der Waals surface area contributed by atoms with Crippen molar-refractivity contribution in [1.82, 2.24) is 4.57 Å². The highest BCUT2D eigenvalue weighted by molar-refractivity contribution is 5.67. The fraction of sp³-hybridized carbons (Fsp3) is 0.370. The topological polar surface area (TPSA) is 51.5 Å². The molecule has 0 saturated heterocycles. The van der Waals surface area contributed by atoms with Crippen LogP contribution in [0.15, 0.2) is 54.7 Å². The van der Waals surface area contributed by atoms with Gasteiger partial charge in [0, 0.05) is 18.3 Å². The Morgan fingerprint density at radius 3 is 2.56 bits per heavy atom. The molecule has 0 fully saturated rings. The molecule has 0 aliphatic heterocycles. The molecule has 34 heavy (non-hydrogen) atoms. The van der Waals surface area contributed by atoms with E-state index in [1.807, 2.05) is 31.2 Å². The van der Waals surface area contributed by atoms with E-state index in [0.29, 0.717) is 30.2 Å². The van der Waals surface area contributed by atoms with Gasteiger partial charge in [-0.3, -0.25) is 4.79 Å². The zero-order valence-electron chi connectivity index (χ0n) is 19.7. The van der Waals surface area contributed by atoms with Gasteiger partial charge in [-0.1, -0.05) is 44.5 Å². The highest BCUT2D eigenvalue weighted by Gasteiger charge is 2.35. The van der Waals surface area contributed by atoms with Gasteiger partial charge in [-0.2, -0.15) is 13.2 Å². The van der Waals surface area contributed by atoms with Crippen LogP contribution in [0.2, 0.25) is 0 Å². The van der Waals surface area contributed by atoms with E-state index in [-0.39, 0.29) is 18.7 Å². The van der Waals surface area contributed by atoms with Gasteiger partial charge in [0.1, 0.15) is 12.4 Å². The maximum atomic E-state index is 13.8. The number of carboxylic acid groups (broad SMARTS) is 1. The lowest BCUT2D eigenvalue weighted by Gasteiger charge is -2.18. The van der Waals surface area contributed by atoms with Crippen molar-refractivity contribution in [3.63, 3.8) is 0 Å². The lowest BCUT2D eigenvalue weighted by molar-refractivity contribution is -0.139. The molecule has 3 aromatic rings. The fourth-order valence-electron chi connectivity index (χ4n) is 3.90. The van der Waals surface area contributed by atoms with Gasteiger partial charge in [0.2, 0.25) is 0 Å².